The van der Waals surface area contributed by atoms with Gasteiger partial charge in [-0.2, -0.15) is 13.2 Å². The summed E-state index contributed by atoms with van der Waals surface area (Å²) in [5.74, 6) is -2.80. The topological polar surface area (TPSA) is 120 Å². The molecule has 10 nitrogen and oxygen atoms in total. The number of benzene rings is 2. The molecule has 0 saturated heterocycles. The lowest BCUT2D eigenvalue weighted by Gasteiger charge is -2.21. The lowest BCUT2D eigenvalue weighted by atomic mass is 10.0. The molecule has 2 amide bonds. The Bertz CT molecular complexity index is 1830. The number of anilines is 1. The van der Waals surface area contributed by atoms with E-state index in [1.54, 1.807) is 0 Å². The maximum absolute atomic E-state index is 14.7. The number of methoxy groups -OCH3 is 1. The molecule has 0 aliphatic rings. The first-order chi connectivity index (χ1) is 21.0. The summed E-state index contributed by atoms with van der Waals surface area (Å²) in [4.78, 5) is 38.5. The molecule has 42 heavy (non-hydrogen) atoms. The Morgan fingerprint density at radius 1 is 1.14 bits per heavy atom. The summed E-state index contributed by atoms with van der Waals surface area (Å²) in [6.07, 6.45) is -3.30. The molecule has 0 radical (unpaired) electrons. The molecule has 0 aliphatic carbocycles. The van der Waals surface area contributed by atoms with Crippen LogP contribution in [0.2, 0.25) is 5.02 Å². The molecule has 2 aromatic carbocycles. The third kappa shape index (κ3) is 6.12. The van der Waals surface area contributed by atoms with Crippen LogP contribution in [0.1, 0.15) is 39.6 Å². The molecule has 2 aromatic heterocycles. The number of carbonyl (C=O) groups is 2. The van der Waals surface area contributed by atoms with Gasteiger partial charge in [-0.3, -0.25) is 19.0 Å². The number of ether oxygens (including phenoxy) is 1. The maximum Gasteiger partial charge on any atom is 0.436 e. The molecule has 15 heteroatoms. The summed E-state index contributed by atoms with van der Waals surface area (Å²) >= 11 is 6.16. The first-order valence-corrected chi connectivity index (χ1v) is 12.5. The number of pyridine rings is 1. The van der Waals surface area contributed by atoms with Crippen LogP contribution in [0.25, 0.3) is 16.8 Å². The minimum Gasteiger partial charge on any atom is -0.495 e. The first-order valence-electron chi connectivity index (χ1n) is 13.6. The predicted octanol–water partition coefficient (Wildman–Crippen LogP) is 4.87. The minimum absolute atomic E-state index is 0.000729. The number of halogens is 5. The van der Waals surface area contributed by atoms with Crippen molar-refractivity contribution in [1.82, 2.24) is 24.9 Å². The molecule has 0 bridgehead atoms. The molecular weight excluding hydrogens is 584 g/mol. The van der Waals surface area contributed by atoms with Gasteiger partial charge in [0.2, 0.25) is 5.91 Å². The predicted molar refractivity (Wildman–Crippen MR) is 145 cm³/mol. The van der Waals surface area contributed by atoms with E-state index in [0.29, 0.717) is 6.20 Å². The van der Waals surface area contributed by atoms with E-state index in [9.17, 15) is 31.9 Å². The van der Waals surface area contributed by atoms with Crippen LogP contribution >= 0.6 is 11.6 Å². The Morgan fingerprint density at radius 2 is 1.90 bits per heavy atom. The second-order valence-corrected chi connectivity index (χ2v) is 9.23. The van der Waals surface area contributed by atoms with Crippen molar-refractivity contribution in [3.8, 4) is 22.6 Å². The number of rotatable bonds is 8. The van der Waals surface area contributed by atoms with Gasteiger partial charge in [0, 0.05) is 34.8 Å². The molecule has 0 spiro atoms. The van der Waals surface area contributed by atoms with E-state index in [1.807, 2.05) is 0 Å². The zero-order valence-electron chi connectivity index (χ0n) is 24.8. The quantitative estimate of drug-likeness (QED) is 0.275. The number of carbonyl (C=O) groups excluding carboxylic acids is 2. The van der Waals surface area contributed by atoms with Crippen molar-refractivity contribution in [3.05, 3.63) is 87.3 Å². The lowest BCUT2D eigenvalue weighted by molar-refractivity contribution is -0.141. The molecule has 0 aliphatic heterocycles. The van der Waals surface area contributed by atoms with Gasteiger partial charge in [-0.25, -0.2) is 9.07 Å². The van der Waals surface area contributed by atoms with Gasteiger partial charge in [-0.15, -0.1) is 5.10 Å². The first kappa shape index (κ1) is 26.2. The second kappa shape index (κ2) is 12.0. The lowest BCUT2D eigenvalue weighted by Crippen LogP contribution is -2.33. The summed E-state index contributed by atoms with van der Waals surface area (Å²) in [6.45, 7) is 1.54. The summed E-state index contributed by atoms with van der Waals surface area (Å²) in [5, 5.41) is 11.4. The van der Waals surface area contributed by atoms with E-state index >= 15 is 0 Å². The van der Waals surface area contributed by atoms with E-state index in [-0.39, 0.29) is 39.5 Å². The number of aromatic nitrogens is 4. The van der Waals surface area contributed by atoms with Crippen LogP contribution in [-0.2, 0) is 11.0 Å². The van der Waals surface area contributed by atoms with Crippen LogP contribution in [-0.4, -0.2) is 45.5 Å². The van der Waals surface area contributed by atoms with Crippen molar-refractivity contribution in [2.75, 3.05) is 19.4 Å². The summed E-state index contributed by atoms with van der Waals surface area (Å²) in [6, 6.07) is 6.83. The van der Waals surface area contributed by atoms with Gasteiger partial charge in [-0.05, 0) is 42.8 Å². The van der Waals surface area contributed by atoms with Crippen LogP contribution in [0, 0.1) is 5.82 Å². The molecular formula is C27H23ClF4N6O4. The average Bonchev–Trinajstić information content (AvgIpc) is 3.46. The Morgan fingerprint density at radius 3 is 2.52 bits per heavy atom. The van der Waals surface area contributed by atoms with Crippen molar-refractivity contribution in [1.29, 1.82) is 0 Å². The highest BCUT2D eigenvalue weighted by Gasteiger charge is 2.35. The molecule has 4 aromatic rings. The molecule has 2 N–H and O–H groups in total. The van der Waals surface area contributed by atoms with E-state index in [2.05, 4.69) is 20.9 Å². The largest absolute Gasteiger partial charge is 0.495 e. The Kier molecular flexibility index (Phi) is 7.50. The Hall–Kier alpha value is -4.72. The highest BCUT2D eigenvalue weighted by molar-refractivity contribution is 6.31. The van der Waals surface area contributed by atoms with Gasteiger partial charge in [-0.1, -0.05) is 23.7 Å². The van der Waals surface area contributed by atoms with E-state index < -0.39 is 53.9 Å². The molecule has 4 rings (SSSR count). The van der Waals surface area contributed by atoms with Gasteiger partial charge in [0.1, 0.15) is 17.6 Å². The van der Waals surface area contributed by atoms with Crippen molar-refractivity contribution in [2.24, 2.45) is 0 Å². The van der Waals surface area contributed by atoms with Crippen LogP contribution in [0.3, 0.4) is 0 Å². The summed E-state index contributed by atoms with van der Waals surface area (Å²) < 4.78 is 84.1. The number of hydrogen-bond donors (Lipinski definition) is 2. The zero-order valence-corrected chi connectivity index (χ0v) is 22.5. The highest BCUT2D eigenvalue weighted by atomic mass is 35.5. The Balaban J connectivity index is 1.81. The third-order valence-electron chi connectivity index (χ3n) is 6.17. The van der Waals surface area contributed by atoms with E-state index in [0.717, 1.165) is 33.6 Å². The molecule has 220 valence electrons. The standard InChI is InChI=1S/C27H23ClF4N6O4/c1-4-20(26(41)34-19-7-5-14(9-18(19)29)25(40)33-2)37-12-22(42-3)17(11-24(37)39)16-10-15(28)6-8-21(16)38-13-23(35-36-38)27(30,31)32/h5-13,20H,4H2,1-3H3,(H,33,40)(H,34,41)/t20-/m0/s1/i3D3. The van der Waals surface area contributed by atoms with Crippen LogP contribution in [0.4, 0.5) is 23.2 Å². The fourth-order valence-corrected chi connectivity index (χ4v) is 4.30. The van der Waals surface area contributed by atoms with Crippen LogP contribution in [0.5, 0.6) is 5.75 Å². The second-order valence-electron chi connectivity index (χ2n) is 8.79. The average molecular weight is 610 g/mol. The number of amides is 2. The number of nitrogens with zero attached hydrogens (tertiary/aromatic N) is 4. The zero-order chi connectivity index (χ0) is 33.3. The van der Waals surface area contributed by atoms with Gasteiger partial charge in [0.05, 0.1) is 34.9 Å². The molecule has 1 atom stereocenters. The van der Waals surface area contributed by atoms with Crippen LogP contribution < -0.4 is 20.9 Å². The van der Waals surface area contributed by atoms with Crippen molar-refractivity contribution >= 4 is 29.1 Å². The minimum atomic E-state index is -4.81. The fraction of sp³-hybridized carbons (Fsp3) is 0.222. The number of alkyl halides is 3. The normalized spacial score (nSPS) is 13.5. The van der Waals surface area contributed by atoms with Crippen molar-refractivity contribution in [2.45, 2.75) is 25.6 Å². The van der Waals surface area contributed by atoms with Gasteiger partial charge < -0.3 is 15.4 Å². The number of nitrogens with one attached hydrogen (secondary N) is 2. The highest BCUT2D eigenvalue weighted by Crippen LogP contribution is 2.36. The van der Waals surface area contributed by atoms with Crippen LogP contribution in [0.15, 0.2) is 59.7 Å². The SMILES string of the molecule is [2H]C([2H])([2H])Oc1cn([C@@H](CC)C(=O)Nc2ccc(C(=O)NC)cc2F)c(=O)cc1-c1cc(Cl)ccc1-n1cc(C(F)(F)F)nn1. The summed E-state index contributed by atoms with van der Waals surface area (Å²) in [5.41, 5.74) is -2.74. The van der Waals surface area contributed by atoms with Crippen molar-refractivity contribution < 1.29 is 36.0 Å². The van der Waals surface area contributed by atoms with Gasteiger partial charge in [0.25, 0.3) is 11.5 Å². The van der Waals surface area contributed by atoms with Gasteiger partial charge >= 0.3 is 6.18 Å². The van der Waals surface area contributed by atoms with Crippen molar-refractivity contribution in [3.63, 3.8) is 0 Å². The van der Waals surface area contributed by atoms with E-state index in [1.165, 1.54) is 38.2 Å². The summed E-state index contributed by atoms with van der Waals surface area (Å²) in [7, 11) is -1.72. The molecule has 0 saturated carbocycles. The van der Waals surface area contributed by atoms with Gasteiger partial charge in [0.15, 0.2) is 5.69 Å². The number of hydrogen-bond acceptors (Lipinski definition) is 6. The van der Waals surface area contributed by atoms with E-state index in [4.69, 9.17) is 20.5 Å². The smallest absolute Gasteiger partial charge is 0.436 e. The fourth-order valence-electron chi connectivity index (χ4n) is 4.13. The Labute approximate surface area is 245 Å². The molecule has 0 fully saturated rings. The monoisotopic (exact) mass is 609 g/mol. The third-order valence-corrected chi connectivity index (χ3v) is 6.41. The molecule has 0 unspecified atom stereocenters. The molecule has 2 heterocycles. The maximum atomic E-state index is 14.7.